The molecular formula is C22H19N3O4S2. The van der Waals surface area contributed by atoms with Gasteiger partial charge in [0.15, 0.2) is 0 Å². The van der Waals surface area contributed by atoms with Crippen LogP contribution in [0.4, 0.5) is 0 Å². The summed E-state index contributed by atoms with van der Waals surface area (Å²) in [5.74, 6) is -0.479. The molecule has 0 unspecified atom stereocenters. The number of fused-ring (bicyclic) bond motifs is 1. The standard InChI is InChI=1S/C22H19N3O4S2/c1-14-8-10-17(11-9-14)31(28,29)24-20(26)13-25-15(2)23-21-18(22(25)27)12-19(30-21)16-6-4-3-5-7-16/h3-12H,13H2,1-2H3,(H,24,26). The van der Waals surface area contributed by atoms with Crippen molar-refractivity contribution >= 4 is 37.5 Å². The van der Waals surface area contributed by atoms with E-state index in [-0.39, 0.29) is 10.5 Å². The van der Waals surface area contributed by atoms with E-state index in [0.29, 0.717) is 16.0 Å². The summed E-state index contributed by atoms with van der Waals surface area (Å²) in [7, 11) is -4.03. The van der Waals surface area contributed by atoms with Crippen LogP contribution in [0.5, 0.6) is 0 Å². The number of sulfonamides is 1. The zero-order valence-corrected chi connectivity index (χ0v) is 18.5. The second-order valence-electron chi connectivity index (χ2n) is 7.09. The lowest BCUT2D eigenvalue weighted by Gasteiger charge is -2.10. The summed E-state index contributed by atoms with van der Waals surface area (Å²) in [6, 6.07) is 17.5. The highest BCUT2D eigenvalue weighted by Crippen LogP contribution is 2.30. The molecule has 0 fully saturated rings. The first-order valence-corrected chi connectivity index (χ1v) is 11.7. The zero-order valence-electron chi connectivity index (χ0n) is 16.8. The largest absolute Gasteiger partial charge is 0.287 e. The van der Waals surface area contributed by atoms with Crippen molar-refractivity contribution in [2.75, 3.05) is 0 Å². The number of rotatable bonds is 5. The van der Waals surface area contributed by atoms with Gasteiger partial charge in [0.1, 0.15) is 17.2 Å². The third-order valence-corrected chi connectivity index (χ3v) is 7.25. The van der Waals surface area contributed by atoms with Gasteiger partial charge in [0, 0.05) is 4.88 Å². The number of nitrogens with zero attached hydrogens (tertiary/aromatic N) is 2. The Kier molecular flexibility index (Phi) is 5.47. The van der Waals surface area contributed by atoms with Crippen LogP contribution < -0.4 is 10.3 Å². The molecule has 0 atom stereocenters. The van der Waals surface area contributed by atoms with Crippen LogP contribution in [0.1, 0.15) is 11.4 Å². The molecular weight excluding hydrogens is 434 g/mol. The second kappa shape index (κ2) is 8.09. The molecule has 31 heavy (non-hydrogen) atoms. The van der Waals surface area contributed by atoms with Crippen molar-refractivity contribution < 1.29 is 13.2 Å². The third-order valence-electron chi connectivity index (χ3n) is 4.78. The average Bonchev–Trinajstić information content (AvgIpc) is 3.16. The number of nitrogens with one attached hydrogen (secondary N) is 1. The molecule has 0 aliphatic rings. The van der Waals surface area contributed by atoms with Gasteiger partial charge in [-0.15, -0.1) is 11.3 Å². The molecule has 2 heterocycles. The summed E-state index contributed by atoms with van der Waals surface area (Å²) in [5.41, 5.74) is 1.48. The Morgan fingerprint density at radius 2 is 1.74 bits per heavy atom. The minimum absolute atomic E-state index is 0.0190. The first-order valence-electron chi connectivity index (χ1n) is 9.43. The van der Waals surface area contributed by atoms with Crippen molar-refractivity contribution in [3.63, 3.8) is 0 Å². The van der Waals surface area contributed by atoms with E-state index in [1.165, 1.54) is 28.0 Å². The Balaban J connectivity index is 1.63. The molecule has 0 saturated carbocycles. The Bertz CT molecular complexity index is 1440. The van der Waals surface area contributed by atoms with Crippen LogP contribution in [-0.2, 0) is 21.4 Å². The topological polar surface area (TPSA) is 98.1 Å². The minimum atomic E-state index is -4.03. The molecule has 2 aromatic carbocycles. The molecule has 4 aromatic rings. The van der Waals surface area contributed by atoms with Crippen LogP contribution >= 0.6 is 11.3 Å². The van der Waals surface area contributed by atoms with E-state index in [1.807, 2.05) is 42.0 Å². The van der Waals surface area contributed by atoms with Crippen LogP contribution in [0.25, 0.3) is 20.7 Å². The van der Waals surface area contributed by atoms with Gasteiger partial charge in [-0.05, 0) is 37.6 Å². The SMILES string of the molecule is Cc1ccc(S(=O)(=O)NC(=O)Cn2c(C)nc3sc(-c4ccccc4)cc3c2=O)cc1. The lowest BCUT2D eigenvalue weighted by Crippen LogP contribution is -2.37. The second-order valence-corrected chi connectivity index (χ2v) is 9.80. The molecule has 0 bridgehead atoms. The summed E-state index contributed by atoms with van der Waals surface area (Å²) in [6.07, 6.45) is 0. The van der Waals surface area contributed by atoms with Crippen molar-refractivity contribution in [3.8, 4) is 10.4 Å². The van der Waals surface area contributed by atoms with Crippen LogP contribution in [0.3, 0.4) is 0 Å². The van der Waals surface area contributed by atoms with Gasteiger partial charge in [0.25, 0.3) is 21.5 Å². The Labute approximate surface area is 183 Å². The fourth-order valence-electron chi connectivity index (χ4n) is 3.15. The van der Waals surface area contributed by atoms with Gasteiger partial charge in [-0.25, -0.2) is 18.1 Å². The quantitative estimate of drug-likeness (QED) is 0.500. The number of amides is 1. The van der Waals surface area contributed by atoms with Crippen LogP contribution in [0.15, 0.2) is 70.4 Å². The monoisotopic (exact) mass is 453 g/mol. The van der Waals surface area contributed by atoms with Gasteiger partial charge in [-0.1, -0.05) is 48.0 Å². The van der Waals surface area contributed by atoms with E-state index in [2.05, 4.69) is 4.98 Å². The predicted molar refractivity (Wildman–Crippen MR) is 121 cm³/mol. The van der Waals surface area contributed by atoms with E-state index in [1.54, 1.807) is 25.1 Å². The van der Waals surface area contributed by atoms with Crippen LogP contribution in [-0.4, -0.2) is 23.9 Å². The number of aryl methyl sites for hydroxylation is 2. The molecule has 9 heteroatoms. The number of thiophene rings is 1. The molecule has 2 aromatic heterocycles. The summed E-state index contributed by atoms with van der Waals surface area (Å²) in [6.45, 7) is 3.00. The first-order chi connectivity index (χ1) is 14.7. The molecule has 1 amide bonds. The summed E-state index contributed by atoms with van der Waals surface area (Å²) in [4.78, 5) is 31.4. The fraction of sp³-hybridized carbons (Fsp3) is 0.136. The average molecular weight is 454 g/mol. The van der Waals surface area contributed by atoms with E-state index in [0.717, 1.165) is 16.0 Å². The van der Waals surface area contributed by atoms with Crippen molar-refractivity contribution in [3.05, 3.63) is 82.4 Å². The van der Waals surface area contributed by atoms with Crippen molar-refractivity contribution in [1.82, 2.24) is 14.3 Å². The highest BCUT2D eigenvalue weighted by molar-refractivity contribution is 7.90. The zero-order chi connectivity index (χ0) is 22.2. The van der Waals surface area contributed by atoms with Gasteiger partial charge in [-0.2, -0.15) is 0 Å². The summed E-state index contributed by atoms with van der Waals surface area (Å²) < 4.78 is 28.1. The van der Waals surface area contributed by atoms with Crippen molar-refractivity contribution in [2.24, 2.45) is 0 Å². The van der Waals surface area contributed by atoms with E-state index < -0.39 is 22.5 Å². The lowest BCUT2D eigenvalue weighted by atomic mass is 10.2. The maximum Gasteiger partial charge on any atom is 0.264 e. The van der Waals surface area contributed by atoms with Gasteiger partial charge in [0.05, 0.1) is 10.3 Å². The summed E-state index contributed by atoms with van der Waals surface area (Å²) >= 11 is 1.39. The Hall–Kier alpha value is -3.30. The molecule has 0 aliphatic carbocycles. The lowest BCUT2D eigenvalue weighted by molar-refractivity contribution is -0.120. The number of hydrogen-bond acceptors (Lipinski definition) is 6. The molecule has 0 radical (unpaired) electrons. The molecule has 4 rings (SSSR count). The van der Waals surface area contributed by atoms with Gasteiger partial charge in [-0.3, -0.25) is 14.2 Å². The number of carbonyl (C=O) groups is 1. The smallest absolute Gasteiger partial charge is 0.264 e. The number of benzene rings is 2. The molecule has 7 nitrogen and oxygen atoms in total. The fourth-order valence-corrected chi connectivity index (χ4v) is 5.20. The Morgan fingerprint density at radius 3 is 2.42 bits per heavy atom. The molecule has 0 spiro atoms. The van der Waals surface area contributed by atoms with E-state index in [9.17, 15) is 18.0 Å². The minimum Gasteiger partial charge on any atom is -0.287 e. The van der Waals surface area contributed by atoms with Crippen LogP contribution in [0.2, 0.25) is 0 Å². The Morgan fingerprint density at radius 1 is 1.06 bits per heavy atom. The van der Waals surface area contributed by atoms with E-state index >= 15 is 0 Å². The van der Waals surface area contributed by atoms with E-state index in [4.69, 9.17) is 0 Å². The third kappa shape index (κ3) is 4.28. The maximum atomic E-state index is 13.0. The number of carbonyl (C=O) groups excluding carboxylic acids is 1. The van der Waals surface area contributed by atoms with Crippen molar-refractivity contribution in [1.29, 1.82) is 0 Å². The molecule has 1 N–H and O–H groups in total. The first kappa shape index (κ1) is 21.0. The predicted octanol–water partition coefficient (Wildman–Crippen LogP) is 3.25. The number of aromatic nitrogens is 2. The molecule has 0 aliphatic heterocycles. The van der Waals surface area contributed by atoms with Gasteiger partial charge < -0.3 is 0 Å². The van der Waals surface area contributed by atoms with Gasteiger partial charge >= 0.3 is 0 Å². The van der Waals surface area contributed by atoms with Crippen molar-refractivity contribution in [2.45, 2.75) is 25.3 Å². The van der Waals surface area contributed by atoms with Gasteiger partial charge in [0.2, 0.25) is 0 Å². The highest BCUT2D eigenvalue weighted by atomic mass is 32.2. The normalized spacial score (nSPS) is 11.5. The highest BCUT2D eigenvalue weighted by Gasteiger charge is 2.20. The molecule has 0 saturated heterocycles. The summed E-state index contributed by atoms with van der Waals surface area (Å²) in [5, 5.41) is 0.392. The molecule has 158 valence electrons. The van der Waals surface area contributed by atoms with Crippen LogP contribution in [0, 0.1) is 13.8 Å². The maximum absolute atomic E-state index is 13.0. The number of hydrogen-bond donors (Lipinski definition) is 1.